The fourth-order valence-electron chi connectivity index (χ4n) is 12.3. The number of aliphatic hydroxyl groups is 1. The maximum Gasteiger partial charge on any atom is 0.235 e. The van der Waals surface area contributed by atoms with Gasteiger partial charge in [0.2, 0.25) is 5.91 Å². The quantitative estimate of drug-likeness (QED) is 0.372. The molecule has 1 aromatic carbocycles. The zero-order chi connectivity index (χ0) is 31.4. The van der Waals surface area contributed by atoms with E-state index in [9.17, 15) is 14.7 Å². The highest BCUT2D eigenvalue weighted by Crippen LogP contribution is 2.76. The number of aromatic nitrogens is 1. The average Bonchev–Trinajstić information content (AvgIpc) is 3.29. The normalized spacial score (nSPS) is 41.2. The van der Waals surface area contributed by atoms with Gasteiger partial charge >= 0.3 is 0 Å². The van der Waals surface area contributed by atoms with Crippen molar-refractivity contribution in [3.05, 3.63) is 47.8 Å². The van der Waals surface area contributed by atoms with Gasteiger partial charge in [0.05, 0.1) is 23.4 Å². The van der Waals surface area contributed by atoms with E-state index in [-0.39, 0.29) is 51.3 Å². The molecule has 0 radical (unpaired) electrons. The van der Waals surface area contributed by atoms with E-state index in [0.717, 1.165) is 67.0 Å². The number of amides is 1. The Hall–Kier alpha value is -2.53. The van der Waals surface area contributed by atoms with Crippen LogP contribution in [0.4, 0.5) is 5.69 Å². The van der Waals surface area contributed by atoms with Gasteiger partial charge in [-0.3, -0.25) is 14.6 Å². The van der Waals surface area contributed by atoms with Crippen LogP contribution in [0.3, 0.4) is 0 Å². The van der Waals surface area contributed by atoms with Crippen LogP contribution in [0.1, 0.15) is 106 Å². The smallest absolute Gasteiger partial charge is 0.235 e. The van der Waals surface area contributed by atoms with E-state index in [1.54, 1.807) is 6.20 Å². The molecular weight excluding hydrogens is 544 g/mol. The second-order valence-electron chi connectivity index (χ2n) is 17.0. The third-order valence-electron chi connectivity index (χ3n) is 14.8. The maximum absolute atomic E-state index is 14.7. The van der Waals surface area contributed by atoms with Crippen molar-refractivity contribution in [3.8, 4) is 0 Å². The Morgan fingerprint density at radius 1 is 0.909 bits per heavy atom. The number of hydrogen-bond donors (Lipinski definition) is 2. The number of Topliss-reactive ketones (excluding diaryl/α,β-unsaturated/α-hetero) is 1. The fourth-order valence-corrected chi connectivity index (χ4v) is 12.3. The monoisotopic (exact) mass is 596 g/mol. The van der Waals surface area contributed by atoms with Gasteiger partial charge in [0.15, 0.2) is 5.78 Å². The average molecular weight is 597 g/mol. The molecule has 44 heavy (non-hydrogen) atoms. The molecule has 4 fully saturated rings. The van der Waals surface area contributed by atoms with Gasteiger partial charge in [-0.25, -0.2) is 0 Å². The molecule has 0 unspecified atom stereocenters. The molecule has 0 saturated heterocycles. The van der Waals surface area contributed by atoms with E-state index in [1.165, 1.54) is 5.57 Å². The summed E-state index contributed by atoms with van der Waals surface area (Å²) >= 11 is 0. The van der Waals surface area contributed by atoms with E-state index in [1.807, 2.05) is 30.5 Å². The van der Waals surface area contributed by atoms with Gasteiger partial charge in [-0.2, -0.15) is 0 Å². The van der Waals surface area contributed by atoms with Crippen molar-refractivity contribution in [1.82, 2.24) is 4.98 Å². The number of nitrogens with one attached hydrogen (secondary N) is 1. The summed E-state index contributed by atoms with van der Waals surface area (Å²) in [5, 5.41) is 16.3. The van der Waals surface area contributed by atoms with Crippen LogP contribution in [0.2, 0.25) is 0 Å². The van der Waals surface area contributed by atoms with Gasteiger partial charge in [-0.05, 0) is 108 Å². The Bertz CT molecular complexity index is 1570. The second kappa shape index (κ2) is 9.74. The molecule has 2 N–H and O–H groups in total. The topological polar surface area (TPSA) is 79.3 Å². The minimum absolute atomic E-state index is 0.00890. The number of pyridine rings is 1. The summed E-state index contributed by atoms with van der Waals surface area (Å²) in [6.07, 6.45) is 11.8. The minimum atomic E-state index is -0.793. The Kier molecular flexibility index (Phi) is 6.67. The molecule has 5 aliphatic carbocycles. The number of anilines is 1. The summed E-state index contributed by atoms with van der Waals surface area (Å²) in [6.45, 7) is 16.5. The van der Waals surface area contributed by atoms with Crippen LogP contribution in [0, 0.1) is 50.7 Å². The number of fused-ring (bicyclic) bond motifs is 8. The summed E-state index contributed by atoms with van der Waals surface area (Å²) in [4.78, 5) is 33.1. The molecule has 236 valence electrons. The number of carbonyl (C=O) groups excluding carboxylic acids is 2. The number of carbonyl (C=O) groups is 2. The number of nitrogens with zero attached hydrogens (tertiary/aromatic N) is 1. The molecule has 5 nitrogen and oxygen atoms in total. The van der Waals surface area contributed by atoms with Gasteiger partial charge in [0.1, 0.15) is 0 Å². The van der Waals surface area contributed by atoms with Crippen molar-refractivity contribution < 1.29 is 14.7 Å². The minimum Gasteiger partial charge on any atom is -0.393 e. The zero-order valence-corrected chi connectivity index (χ0v) is 27.9. The molecule has 1 aromatic heterocycles. The molecule has 5 aliphatic rings. The van der Waals surface area contributed by atoms with Gasteiger partial charge < -0.3 is 10.4 Å². The highest BCUT2D eigenvalue weighted by Gasteiger charge is 2.70. The number of hydrogen-bond acceptors (Lipinski definition) is 4. The first-order chi connectivity index (χ1) is 20.7. The van der Waals surface area contributed by atoms with Gasteiger partial charge in [0.25, 0.3) is 0 Å². The van der Waals surface area contributed by atoms with Crippen LogP contribution in [0.25, 0.3) is 10.8 Å². The predicted molar refractivity (Wildman–Crippen MR) is 176 cm³/mol. The lowest BCUT2D eigenvalue weighted by atomic mass is 9.33. The molecule has 1 amide bonds. The van der Waals surface area contributed by atoms with E-state index < -0.39 is 5.41 Å². The third kappa shape index (κ3) is 3.77. The Labute approximate surface area is 263 Å². The first-order valence-electron chi connectivity index (χ1n) is 17.3. The molecule has 8 atom stereocenters. The number of benzene rings is 1. The SMILES string of the molecule is CC(C)C1=C2[C@H]3CC[C@@H]4[C@@]5(C)CC[C@H](O)C(C)(C)[C@@H]5CC[C@@]4(C)[C@]3(C)CC[C@@]2(C(=O)Nc2cncc3ccccc23)CC1=O. The molecule has 4 saturated carbocycles. The maximum atomic E-state index is 14.7. The van der Waals surface area contributed by atoms with Crippen LogP contribution < -0.4 is 5.32 Å². The van der Waals surface area contributed by atoms with Crippen LogP contribution in [-0.4, -0.2) is 27.9 Å². The van der Waals surface area contributed by atoms with Crippen molar-refractivity contribution in [2.75, 3.05) is 5.32 Å². The van der Waals surface area contributed by atoms with Gasteiger partial charge in [-0.15, -0.1) is 0 Å². The second-order valence-corrected chi connectivity index (χ2v) is 17.0. The molecule has 0 spiro atoms. The molecular formula is C39H52N2O3. The zero-order valence-electron chi connectivity index (χ0n) is 27.9. The first kappa shape index (κ1) is 30.1. The summed E-state index contributed by atoms with van der Waals surface area (Å²) < 4.78 is 0. The number of ketones is 1. The lowest BCUT2D eigenvalue weighted by molar-refractivity contribution is -0.228. The highest BCUT2D eigenvalue weighted by atomic mass is 16.3. The molecule has 2 aromatic rings. The van der Waals surface area contributed by atoms with Crippen LogP contribution in [0.15, 0.2) is 47.8 Å². The van der Waals surface area contributed by atoms with Crippen LogP contribution >= 0.6 is 0 Å². The van der Waals surface area contributed by atoms with Crippen molar-refractivity contribution >= 4 is 28.2 Å². The standard InChI is InChI=1S/C39H52N2O3/c1-23(2)32-28(42)20-39(34(44)41-27-22-40-21-24-10-8-9-11-25(24)27)19-18-37(6)26(33(32)39)12-13-30-36(5)16-15-31(43)35(3,4)29(36)14-17-38(30,37)7/h8-11,21-23,26,29-31,43H,12-20H2,1-7H3,(H,41,44)/t26-,29+,30-,31+,36+,37-,38-,39-/m1/s1. The number of allylic oxidation sites excluding steroid dienone is 1. The van der Waals surface area contributed by atoms with Crippen LogP contribution in [0.5, 0.6) is 0 Å². The number of aliphatic hydroxyl groups excluding tert-OH is 1. The van der Waals surface area contributed by atoms with Crippen LogP contribution in [-0.2, 0) is 9.59 Å². The fraction of sp³-hybridized carbons (Fsp3) is 0.667. The summed E-state index contributed by atoms with van der Waals surface area (Å²) in [6, 6.07) is 8.03. The van der Waals surface area contributed by atoms with Crippen molar-refractivity contribution in [3.63, 3.8) is 0 Å². The predicted octanol–water partition coefficient (Wildman–Crippen LogP) is 8.51. The van der Waals surface area contributed by atoms with E-state index >= 15 is 0 Å². The lowest BCUT2D eigenvalue weighted by Crippen LogP contribution is -2.66. The van der Waals surface area contributed by atoms with Crippen molar-refractivity contribution in [2.45, 2.75) is 112 Å². The Balaban J connectivity index is 1.30. The van der Waals surface area contributed by atoms with Crippen molar-refractivity contribution in [2.24, 2.45) is 50.7 Å². The van der Waals surface area contributed by atoms with E-state index in [2.05, 4.69) is 58.8 Å². The highest BCUT2D eigenvalue weighted by molar-refractivity contribution is 6.11. The first-order valence-corrected chi connectivity index (χ1v) is 17.3. The lowest BCUT2D eigenvalue weighted by Gasteiger charge is -2.72. The third-order valence-corrected chi connectivity index (χ3v) is 14.8. The molecule has 0 aliphatic heterocycles. The van der Waals surface area contributed by atoms with E-state index in [0.29, 0.717) is 24.7 Å². The van der Waals surface area contributed by atoms with Crippen molar-refractivity contribution in [1.29, 1.82) is 0 Å². The molecule has 1 heterocycles. The summed E-state index contributed by atoms with van der Waals surface area (Å²) in [7, 11) is 0. The van der Waals surface area contributed by atoms with Gasteiger partial charge in [-0.1, -0.05) is 72.7 Å². The molecule has 5 heteroatoms. The number of rotatable bonds is 3. The Morgan fingerprint density at radius 3 is 2.41 bits per heavy atom. The largest absolute Gasteiger partial charge is 0.393 e. The summed E-state index contributed by atoms with van der Waals surface area (Å²) in [5.74, 6) is 1.55. The summed E-state index contributed by atoms with van der Waals surface area (Å²) in [5.41, 5.74) is 2.30. The Morgan fingerprint density at radius 2 is 1.66 bits per heavy atom. The van der Waals surface area contributed by atoms with E-state index in [4.69, 9.17) is 0 Å². The molecule has 0 bridgehead atoms. The van der Waals surface area contributed by atoms with Gasteiger partial charge in [0, 0.05) is 23.4 Å². The molecule has 7 rings (SSSR count).